The Morgan fingerprint density at radius 2 is 2.14 bits per heavy atom. The number of nitrogens with two attached hydrogens (primary N) is 1. The fraction of sp³-hybridized carbons (Fsp3) is 0.462. The van der Waals surface area contributed by atoms with E-state index in [1.807, 2.05) is 0 Å². The molecule has 0 aromatic heterocycles. The number of benzene rings is 1. The SMILES string of the molecule is Cl.NCC1CCN(C(=O)Nc2ccc(Cl)c(C(F)(F)F)c2)C1. The summed E-state index contributed by atoms with van der Waals surface area (Å²) >= 11 is 5.53. The summed E-state index contributed by atoms with van der Waals surface area (Å²) in [6.45, 7) is 1.55. The molecule has 1 heterocycles. The van der Waals surface area contributed by atoms with Gasteiger partial charge in [0, 0.05) is 18.8 Å². The van der Waals surface area contributed by atoms with Gasteiger partial charge < -0.3 is 16.0 Å². The van der Waals surface area contributed by atoms with Crippen LogP contribution in [0, 0.1) is 5.92 Å². The van der Waals surface area contributed by atoms with Crippen molar-refractivity contribution in [2.45, 2.75) is 12.6 Å². The fourth-order valence-electron chi connectivity index (χ4n) is 2.23. The van der Waals surface area contributed by atoms with Crippen molar-refractivity contribution >= 4 is 35.7 Å². The standard InChI is InChI=1S/C13H15ClF3N3O.ClH/c14-11-2-1-9(5-10(11)13(15,16)17)19-12(21)20-4-3-8(6-18)7-20;/h1-2,5,8H,3-4,6-7,18H2,(H,19,21);1H. The molecule has 2 amide bonds. The zero-order chi connectivity index (χ0) is 15.6. The van der Waals surface area contributed by atoms with E-state index in [1.54, 1.807) is 4.90 Å². The molecule has 9 heteroatoms. The zero-order valence-corrected chi connectivity index (χ0v) is 13.1. The minimum atomic E-state index is -4.56. The lowest BCUT2D eigenvalue weighted by molar-refractivity contribution is -0.137. The third-order valence-corrected chi connectivity index (χ3v) is 3.76. The van der Waals surface area contributed by atoms with E-state index in [-0.39, 0.29) is 24.0 Å². The van der Waals surface area contributed by atoms with E-state index in [0.717, 1.165) is 18.6 Å². The van der Waals surface area contributed by atoms with Crippen LogP contribution in [-0.2, 0) is 6.18 Å². The Morgan fingerprint density at radius 3 is 2.68 bits per heavy atom. The quantitative estimate of drug-likeness (QED) is 0.849. The minimum Gasteiger partial charge on any atom is -0.330 e. The summed E-state index contributed by atoms with van der Waals surface area (Å²) in [6.07, 6.45) is -3.76. The maximum absolute atomic E-state index is 12.7. The van der Waals surface area contributed by atoms with Crippen LogP contribution in [0.4, 0.5) is 23.7 Å². The number of nitrogens with one attached hydrogen (secondary N) is 1. The van der Waals surface area contributed by atoms with Gasteiger partial charge in [-0.15, -0.1) is 12.4 Å². The molecule has 124 valence electrons. The topological polar surface area (TPSA) is 58.4 Å². The van der Waals surface area contributed by atoms with Crippen molar-refractivity contribution < 1.29 is 18.0 Å². The molecule has 0 saturated carbocycles. The van der Waals surface area contributed by atoms with Gasteiger partial charge in [0.25, 0.3) is 0 Å². The molecule has 1 aromatic carbocycles. The van der Waals surface area contributed by atoms with E-state index in [4.69, 9.17) is 17.3 Å². The summed E-state index contributed by atoms with van der Waals surface area (Å²) in [5, 5.41) is 2.06. The number of likely N-dealkylation sites (tertiary alicyclic amines) is 1. The molecule has 1 saturated heterocycles. The van der Waals surface area contributed by atoms with E-state index >= 15 is 0 Å². The van der Waals surface area contributed by atoms with E-state index in [2.05, 4.69) is 5.32 Å². The number of rotatable bonds is 2. The smallest absolute Gasteiger partial charge is 0.330 e. The molecular weight excluding hydrogens is 342 g/mol. The molecule has 0 aliphatic carbocycles. The van der Waals surface area contributed by atoms with E-state index in [0.29, 0.717) is 19.6 Å². The normalized spacial score (nSPS) is 18.0. The number of hydrogen-bond donors (Lipinski definition) is 2. The Morgan fingerprint density at radius 1 is 1.45 bits per heavy atom. The second kappa shape index (κ2) is 7.39. The number of alkyl halides is 3. The van der Waals surface area contributed by atoms with Gasteiger partial charge >= 0.3 is 12.2 Å². The van der Waals surface area contributed by atoms with Gasteiger partial charge in [-0.2, -0.15) is 13.2 Å². The van der Waals surface area contributed by atoms with Crippen LogP contribution in [0.1, 0.15) is 12.0 Å². The highest BCUT2D eigenvalue weighted by Gasteiger charge is 2.33. The fourth-order valence-corrected chi connectivity index (χ4v) is 2.46. The predicted molar refractivity (Wildman–Crippen MR) is 81.5 cm³/mol. The first-order valence-electron chi connectivity index (χ1n) is 6.44. The van der Waals surface area contributed by atoms with Gasteiger partial charge in [-0.05, 0) is 37.1 Å². The van der Waals surface area contributed by atoms with Crippen LogP contribution in [0.3, 0.4) is 0 Å². The number of amides is 2. The second-order valence-corrected chi connectivity index (χ2v) is 5.37. The summed E-state index contributed by atoms with van der Waals surface area (Å²) in [6, 6.07) is 2.86. The Kier molecular flexibility index (Phi) is 6.34. The molecule has 1 fully saturated rings. The summed E-state index contributed by atoms with van der Waals surface area (Å²) in [4.78, 5) is 13.5. The molecule has 1 aliphatic heterocycles. The highest BCUT2D eigenvalue weighted by Crippen LogP contribution is 2.36. The highest BCUT2D eigenvalue weighted by atomic mass is 35.5. The molecule has 1 atom stereocenters. The molecule has 1 aromatic rings. The van der Waals surface area contributed by atoms with Crippen LogP contribution in [0.15, 0.2) is 18.2 Å². The number of halogens is 5. The van der Waals surface area contributed by atoms with Crippen LogP contribution >= 0.6 is 24.0 Å². The first-order valence-corrected chi connectivity index (χ1v) is 6.82. The molecule has 3 N–H and O–H groups in total. The lowest BCUT2D eigenvalue weighted by atomic mass is 10.1. The average molecular weight is 358 g/mol. The largest absolute Gasteiger partial charge is 0.417 e. The maximum atomic E-state index is 12.7. The van der Waals surface area contributed by atoms with Gasteiger partial charge in [0.2, 0.25) is 0 Å². The Balaban J connectivity index is 0.00000242. The minimum absolute atomic E-state index is 0. The molecule has 22 heavy (non-hydrogen) atoms. The van der Waals surface area contributed by atoms with Gasteiger partial charge in [0.15, 0.2) is 0 Å². The molecular formula is C13H16Cl2F3N3O. The van der Waals surface area contributed by atoms with Gasteiger partial charge in [0.05, 0.1) is 10.6 Å². The Labute approximate surface area is 137 Å². The van der Waals surface area contributed by atoms with Crippen LogP contribution in [0.25, 0.3) is 0 Å². The summed E-state index contributed by atoms with van der Waals surface area (Å²) in [5.74, 6) is 0.242. The van der Waals surface area contributed by atoms with Gasteiger partial charge in [-0.25, -0.2) is 4.79 Å². The first-order chi connectivity index (χ1) is 9.81. The molecule has 0 bridgehead atoms. The summed E-state index contributed by atoms with van der Waals surface area (Å²) in [5.41, 5.74) is 4.63. The Hall–Kier alpha value is -1.18. The van der Waals surface area contributed by atoms with Crippen molar-refractivity contribution in [1.29, 1.82) is 0 Å². The zero-order valence-electron chi connectivity index (χ0n) is 11.5. The van der Waals surface area contributed by atoms with Crippen molar-refractivity contribution in [1.82, 2.24) is 4.90 Å². The number of urea groups is 1. The van der Waals surface area contributed by atoms with Crippen LogP contribution in [0.2, 0.25) is 5.02 Å². The van der Waals surface area contributed by atoms with Crippen molar-refractivity contribution in [3.63, 3.8) is 0 Å². The number of carbonyl (C=O) groups excluding carboxylic acids is 1. The molecule has 1 unspecified atom stereocenters. The maximum Gasteiger partial charge on any atom is 0.417 e. The third kappa shape index (κ3) is 4.41. The number of nitrogens with zero attached hydrogens (tertiary/aromatic N) is 1. The van der Waals surface area contributed by atoms with E-state index in [9.17, 15) is 18.0 Å². The monoisotopic (exact) mass is 357 g/mol. The number of hydrogen-bond acceptors (Lipinski definition) is 2. The molecule has 2 rings (SSSR count). The van der Waals surface area contributed by atoms with Crippen LogP contribution in [0.5, 0.6) is 0 Å². The Bertz CT molecular complexity index is 540. The van der Waals surface area contributed by atoms with Gasteiger partial charge in [-0.3, -0.25) is 0 Å². The van der Waals surface area contributed by atoms with Crippen LogP contribution in [-0.4, -0.2) is 30.6 Å². The average Bonchev–Trinajstić information content (AvgIpc) is 2.88. The first kappa shape index (κ1) is 18.9. The highest BCUT2D eigenvalue weighted by molar-refractivity contribution is 6.31. The predicted octanol–water partition coefficient (Wildman–Crippen LogP) is 3.59. The van der Waals surface area contributed by atoms with E-state index in [1.165, 1.54) is 6.07 Å². The molecule has 0 radical (unpaired) electrons. The van der Waals surface area contributed by atoms with Crippen molar-refractivity contribution in [2.24, 2.45) is 11.7 Å². The second-order valence-electron chi connectivity index (χ2n) is 4.96. The van der Waals surface area contributed by atoms with Crippen molar-refractivity contribution in [3.8, 4) is 0 Å². The molecule has 0 spiro atoms. The lowest BCUT2D eigenvalue weighted by Crippen LogP contribution is -2.33. The van der Waals surface area contributed by atoms with Crippen molar-refractivity contribution in [2.75, 3.05) is 25.0 Å². The van der Waals surface area contributed by atoms with Crippen LogP contribution < -0.4 is 11.1 Å². The van der Waals surface area contributed by atoms with Gasteiger partial charge in [0.1, 0.15) is 0 Å². The van der Waals surface area contributed by atoms with Gasteiger partial charge in [-0.1, -0.05) is 11.6 Å². The number of carbonyl (C=O) groups is 1. The summed E-state index contributed by atoms with van der Waals surface area (Å²) < 4.78 is 38.2. The molecule has 4 nitrogen and oxygen atoms in total. The van der Waals surface area contributed by atoms with E-state index < -0.39 is 22.8 Å². The lowest BCUT2D eigenvalue weighted by Gasteiger charge is -2.18. The summed E-state index contributed by atoms with van der Waals surface area (Å²) in [7, 11) is 0. The molecule has 1 aliphatic rings. The number of anilines is 1. The van der Waals surface area contributed by atoms with Crippen molar-refractivity contribution in [3.05, 3.63) is 28.8 Å². The third-order valence-electron chi connectivity index (χ3n) is 3.43.